The number of nitrogens with two attached hydrogens (primary N) is 1. The van der Waals surface area contributed by atoms with Crippen LogP contribution in [0.5, 0.6) is 0 Å². The molecular formula is C13H24N4O2. The molecular weight excluding hydrogens is 244 g/mol. The fraction of sp³-hybridized carbons (Fsp3) is 0.769. The molecule has 2 atom stereocenters. The lowest BCUT2D eigenvalue weighted by molar-refractivity contribution is 0.0494. The highest BCUT2D eigenvalue weighted by Crippen LogP contribution is 2.17. The van der Waals surface area contributed by atoms with E-state index in [1.807, 2.05) is 0 Å². The molecule has 2 rings (SSSR count). The second kappa shape index (κ2) is 6.88. The first-order valence-electron chi connectivity index (χ1n) is 6.84. The Morgan fingerprint density at radius 2 is 2.42 bits per heavy atom. The summed E-state index contributed by atoms with van der Waals surface area (Å²) in [6.45, 7) is 4.04. The van der Waals surface area contributed by atoms with Crippen LogP contribution in [0, 0.1) is 5.92 Å². The van der Waals surface area contributed by atoms with Gasteiger partial charge in [-0.05, 0) is 25.3 Å². The number of rotatable bonds is 6. The predicted octanol–water partition coefficient (Wildman–Crippen LogP) is 0.185. The maximum atomic E-state index is 10.1. The van der Waals surface area contributed by atoms with E-state index in [4.69, 9.17) is 10.5 Å². The smallest absolute Gasteiger partial charge is 0.0862 e. The van der Waals surface area contributed by atoms with Crippen LogP contribution in [0.15, 0.2) is 12.4 Å². The molecule has 6 nitrogen and oxygen atoms in total. The number of hydrogen-bond donors (Lipinski definition) is 2. The third-order valence-electron chi connectivity index (χ3n) is 3.53. The number of anilines is 1. The molecule has 0 spiro atoms. The molecule has 1 aliphatic rings. The molecule has 108 valence electrons. The van der Waals surface area contributed by atoms with E-state index in [1.165, 1.54) is 12.8 Å². The van der Waals surface area contributed by atoms with E-state index < -0.39 is 6.10 Å². The van der Waals surface area contributed by atoms with Crippen LogP contribution in [-0.2, 0) is 11.3 Å². The number of nitrogen functional groups attached to an aromatic ring is 1. The van der Waals surface area contributed by atoms with Gasteiger partial charge in [0.1, 0.15) is 0 Å². The summed E-state index contributed by atoms with van der Waals surface area (Å²) in [6.07, 6.45) is 5.32. The van der Waals surface area contributed by atoms with E-state index in [0.717, 1.165) is 19.7 Å². The molecule has 1 fully saturated rings. The number of methoxy groups -OCH3 is 1. The van der Waals surface area contributed by atoms with Crippen molar-refractivity contribution in [3.05, 3.63) is 12.4 Å². The topological polar surface area (TPSA) is 76.5 Å². The Morgan fingerprint density at radius 3 is 3.11 bits per heavy atom. The second-order valence-corrected chi connectivity index (χ2v) is 5.37. The summed E-state index contributed by atoms with van der Waals surface area (Å²) in [5, 5.41) is 14.2. The molecule has 0 bridgehead atoms. The third kappa shape index (κ3) is 4.49. The molecule has 0 amide bonds. The molecule has 3 N–H and O–H groups in total. The number of aliphatic hydroxyl groups is 1. The number of likely N-dealkylation sites (tertiary alicyclic amines) is 1. The minimum atomic E-state index is -0.416. The van der Waals surface area contributed by atoms with Gasteiger partial charge >= 0.3 is 0 Å². The maximum Gasteiger partial charge on any atom is 0.0862 e. The fourth-order valence-corrected chi connectivity index (χ4v) is 2.74. The van der Waals surface area contributed by atoms with Gasteiger partial charge in [-0.2, -0.15) is 5.10 Å². The average molecular weight is 268 g/mol. The zero-order chi connectivity index (χ0) is 13.7. The Morgan fingerprint density at radius 1 is 1.58 bits per heavy atom. The van der Waals surface area contributed by atoms with Gasteiger partial charge in [0.15, 0.2) is 0 Å². The summed E-state index contributed by atoms with van der Waals surface area (Å²) in [4.78, 5) is 2.31. The lowest BCUT2D eigenvalue weighted by Gasteiger charge is -2.33. The molecule has 0 radical (unpaired) electrons. The van der Waals surface area contributed by atoms with Crippen LogP contribution in [0.2, 0.25) is 0 Å². The van der Waals surface area contributed by atoms with Gasteiger partial charge in [0.05, 0.1) is 31.1 Å². The second-order valence-electron chi connectivity index (χ2n) is 5.37. The highest BCUT2D eigenvalue weighted by atomic mass is 16.5. The molecule has 0 aromatic carbocycles. The first-order chi connectivity index (χ1) is 9.17. The highest BCUT2D eigenvalue weighted by Gasteiger charge is 2.21. The van der Waals surface area contributed by atoms with E-state index in [1.54, 1.807) is 24.2 Å². The van der Waals surface area contributed by atoms with Crippen LogP contribution in [0.4, 0.5) is 5.69 Å². The summed E-state index contributed by atoms with van der Waals surface area (Å²) in [6, 6.07) is 0. The van der Waals surface area contributed by atoms with Gasteiger partial charge in [-0.1, -0.05) is 0 Å². The monoisotopic (exact) mass is 268 g/mol. The summed E-state index contributed by atoms with van der Waals surface area (Å²) in [5.41, 5.74) is 6.23. The van der Waals surface area contributed by atoms with E-state index in [0.29, 0.717) is 24.7 Å². The first-order valence-corrected chi connectivity index (χ1v) is 6.84. The minimum absolute atomic E-state index is 0.416. The molecule has 1 saturated heterocycles. The summed E-state index contributed by atoms with van der Waals surface area (Å²) < 4.78 is 6.91. The lowest BCUT2D eigenvalue weighted by atomic mass is 9.99. The standard InChI is InChI=1S/C13H24N4O2/c1-19-10-11-3-2-4-16(6-11)8-13(18)9-17-7-12(14)5-15-17/h5,7,11,13,18H,2-4,6,8-10,14H2,1H3. The van der Waals surface area contributed by atoms with Crippen LogP contribution in [0.1, 0.15) is 12.8 Å². The van der Waals surface area contributed by atoms with E-state index in [-0.39, 0.29) is 0 Å². The summed E-state index contributed by atoms with van der Waals surface area (Å²) in [7, 11) is 1.75. The van der Waals surface area contributed by atoms with Gasteiger partial charge in [0, 0.05) is 26.4 Å². The van der Waals surface area contributed by atoms with Crippen LogP contribution in [-0.4, -0.2) is 59.2 Å². The zero-order valence-electron chi connectivity index (χ0n) is 11.5. The Bertz CT molecular complexity index is 380. The van der Waals surface area contributed by atoms with Crippen molar-refractivity contribution in [2.24, 2.45) is 5.92 Å². The van der Waals surface area contributed by atoms with Gasteiger partial charge < -0.3 is 20.5 Å². The van der Waals surface area contributed by atoms with Crippen LogP contribution < -0.4 is 5.73 Å². The number of nitrogens with zero attached hydrogens (tertiary/aromatic N) is 3. The van der Waals surface area contributed by atoms with Gasteiger partial charge in [-0.3, -0.25) is 4.68 Å². The predicted molar refractivity (Wildman–Crippen MR) is 73.7 cm³/mol. The van der Waals surface area contributed by atoms with E-state index in [9.17, 15) is 5.11 Å². The number of β-amino-alcohol motifs (C(OH)–C–C–N with tert-alkyl or cyclic N) is 1. The van der Waals surface area contributed by atoms with Crippen molar-refractivity contribution in [2.75, 3.05) is 39.1 Å². The largest absolute Gasteiger partial charge is 0.396 e. The lowest BCUT2D eigenvalue weighted by Crippen LogP contribution is -2.42. The highest BCUT2D eigenvalue weighted by molar-refractivity contribution is 5.30. The van der Waals surface area contributed by atoms with Crippen molar-refractivity contribution in [3.63, 3.8) is 0 Å². The first kappa shape index (κ1) is 14.3. The Kier molecular flexibility index (Phi) is 5.18. The third-order valence-corrected chi connectivity index (χ3v) is 3.53. The van der Waals surface area contributed by atoms with Crippen molar-refractivity contribution < 1.29 is 9.84 Å². The van der Waals surface area contributed by atoms with Crippen molar-refractivity contribution in [3.8, 4) is 0 Å². The molecule has 1 aromatic rings. The summed E-state index contributed by atoms with van der Waals surface area (Å²) >= 11 is 0. The summed E-state index contributed by atoms with van der Waals surface area (Å²) in [5.74, 6) is 0.589. The Labute approximate surface area is 114 Å². The normalized spacial score (nSPS) is 22.5. The van der Waals surface area contributed by atoms with E-state index in [2.05, 4.69) is 10.00 Å². The number of hydrogen-bond acceptors (Lipinski definition) is 5. The van der Waals surface area contributed by atoms with Crippen molar-refractivity contribution in [2.45, 2.75) is 25.5 Å². The molecule has 0 saturated carbocycles. The number of aromatic nitrogens is 2. The molecule has 0 aliphatic carbocycles. The van der Waals surface area contributed by atoms with E-state index >= 15 is 0 Å². The molecule has 2 heterocycles. The van der Waals surface area contributed by atoms with Crippen molar-refractivity contribution >= 4 is 5.69 Å². The van der Waals surface area contributed by atoms with Gasteiger partial charge in [-0.15, -0.1) is 0 Å². The van der Waals surface area contributed by atoms with Crippen LogP contribution in [0.25, 0.3) is 0 Å². The fourth-order valence-electron chi connectivity index (χ4n) is 2.74. The van der Waals surface area contributed by atoms with Gasteiger partial charge in [0.25, 0.3) is 0 Å². The number of aliphatic hydroxyl groups excluding tert-OH is 1. The Hall–Kier alpha value is -1.11. The average Bonchev–Trinajstić information content (AvgIpc) is 2.75. The van der Waals surface area contributed by atoms with Crippen LogP contribution in [0.3, 0.4) is 0 Å². The quantitative estimate of drug-likeness (QED) is 0.770. The molecule has 6 heteroatoms. The SMILES string of the molecule is COCC1CCCN(CC(O)Cn2cc(N)cn2)C1. The van der Waals surface area contributed by atoms with Crippen LogP contribution >= 0.6 is 0 Å². The zero-order valence-corrected chi connectivity index (χ0v) is 11.5. The molecule has 1 aliphatic heterocycles. The molecule has 1 aromatic heterocycles. The van der Waals surface area contributed by atoms with Crippen molar-refractivity contribution in [1.29, 1.82) is 0 Å². The van der Waals surface area contributed by atoms with Gasteiger partial charge in [-0.25, -0.2) is 0 Å². The van der Waals surface area contributed by atoms with Gasteiger partial charge in [0.2, 0.25) is 0 Å². The molecule has 2 unspecified atom stereocenters. The number of piperidine rings is 1. The maximum absolute atomic E-state index is 10.1. The number of ether oxygens (including phenoxy) is 1. The Balaban J connectivity index is 1.76. The molecule has 19 heavy (non-hydrogen) atoms. The van der Waals surface area contributed by atoms with Crippen molar-refractivity contribution in [1.82, 2.24) is 14.7 Å². The minimum Gasteiger partial charge on any atom is -0.396 e.